The summed E-state index contributed by atoms with van der Waals surface area (Å²) in [4.78, 5) is 18.9. The molecule has 100 valence electrons. The second-order valence-electron chi connectivity index (χ2n) is 3.46. The van der Waals surface area contributed by atoms with Gasteiger partial charge in [0.2, 0.25) is 16.2 Å². The van der Waals surface area contributed by atoms with Gasteiger partial charge in [0, 0.05) is 18.1 Å². The third kappa shape index (κ3) is 4.43. The second kappa shape index (κ2) is 7.55. The predicted octanol–water partition coefficient (Wildman–Crippen LogP) is -1.43. The van der Waals surface area contributed by atoms with Gasteiger partial charge in [-0.3, -0.25) is 9.35 Å². The summed E-state index contributed by atoms with van der Waals surface area (Å²) in [6.07, 6.45) is 2.27. The molecule has 9 heteroatoms. The van der Waals surface area contributed by atoms with Crippen molar-refractivity contribution in [3.8, 4) is 0 Å². The number of anilines is 1. The van der Waals surface area contributed by atoms with Crippen molar-refractivity contribution in [2.45, 2.75) is 5.16 Å². The van der Waals surface area contributed by atoms with E-state index in [0.717, 1.165) is 12.4 Å². The number of carbonyl (C=O) groups excluding carboxylic acids is 1. The number of hydrogen-bond donors (Lipinski definition) is 2. The molecule has 0 aliphatic rings. The van der Waals surface area contributed by atoms with Crippen LogP contribution in [0, 0.1) is 5.82 Å². The van der Waals surface area contributed by atoms with E-state index in [9.17, 15) is 13.4 Å². The number of halogens is 1. The Labute approximate surface area is 139 Å². The smallest absolute Gasteiger partial charge is 1.00 e. The average molecular weight is 305 g/mol. The van der Waals surface area contributed by atoms with Crippen molar-refractivity contribution in [1.29, 1.82) is 0 Å². The number of nitrogens with one attached hydrogen (secondary N) is 1. The fraction of sp³-hybridized carbons (Fsp3) is 0. The summed E-state index contributed by atoms with van der Waals surface area (Å²) in [5.41, 5.74) is 0.541. The van der Waals surface area contributed by atoms with E-state index in [1.165, 1.54) is 24.3 Å². The van der Waals surface area contributed by atoms with E-state index in [1.807, 2.05) is 0 Å². The van der Waals surface area contributed by atoms with Crippen LogP contribution in [-0.4, -0.2) is 24.6 Å². The van der Waals surface area contributed by atoms with Gasteiger partial charge in [-0.15, -0.1) is 0 Å². The number of nitrogens with zero attached hydrogens (tertiary/aromatic N) is 2. The van der Waals surface area contributed by atoms with Crippen LogP contribution in [0.25, 0.3) is 0 Å². The minimum absolute atomic E-state index is 0. The topological polar surface area (TPSA) is 92.2 Å². The monoisotopic (exact) mass is 305 g/mol. The zero-order valence-electron chi connectivity index (χ0n) is 11.4. The van der Waals surface area contributed by atoms with Gasteiger partial charge in [0.15, 0.2) is 0 Å². The molecule has 1 aromatic heterocycles. The molecule has 0 aliphatic carbocycles. The molecular weight excluding hydrogens is 296 g/mol. The van der Waals surface area contributed by atoms with Crippen LogP contribution < -0.4 is 34.9 Å². The van der Waals surface area contributed by atoms with Gasteiger partial charge in [0.1, 0.15) is 5.82 Å². The van der Waals surface area contributed by atoms with Crippen LogP contribution in [-0.2, 0) is 11.1 Å². The minimum atomic E-state index is -2.29. The predicted molar refractivity (Wildman–Crippen MR) is 66.5 cm³/mol. The van der Waals surface area contributed by atoms with Gasteiger partial charge in [0.05, 0.1) is 5.56 Å². The first-order valence-electron chi connectivity index (χ1n) is 5.06. The van der Waals surface area contributed by atoms with Crippen molar-refractivity contribution in [3.05, 3.63) is 48.0 Å². The molecule has 20 heavy (non-hydrogen) atoms. The van der Waals surface area contributed by atoms with E-state index in [4.69, 9.17) is 4.55 Å². The molecule has 0 saturated heterocycles. The Morgan fingerprint density at radius 3 is 2.30 bits per heavy atom. The van der Waals surface area contributed by atoms with Gasteiger partial charge >= 0.3 is 29.6 Å². The molecule has 2 rings (SSSR count). The number of aromatic nitrogens is 2. The normalized spacial score (nSPS) is 11.3. The standard InChI is InChI=1S/C11H8FN3O3S.Na.H/c12-8-1-3-9(4-2-8)15-10(16)7-5-13-11(14-6-7)19(17)18;;/h1-6H,(H,15,16)(H,17,18);;/q;+1;-1. The van der Waals surface area contributed by atoms with Crippen molar-refractivity contribution in [1.82, 2.24) is 9.97 Å². The second-order valence-corrected chi connectivity index (χ2v) is 4.33. The third-order valence-electron chi connectivity index (χ3n) is 2.15. The first kappa shape index (κ1) is 16.9. The summed E-state index contributed by atoms with van der Waals surface area (Å²) in [5, 5.41) is 2.23. The van der Waals surface area contributed by atoms with E-state index in [1.54, 1.807) is 0 Å². The molecule has 0 aliphatic heterocycles. The van der Waals surface area contributed by atoms with Crippen molar-refractivity contribution < 1.29 is 48.9 Å². The minimum Gasteiger partial charge on any atom is -1.00 e. The summed E-state index contributed by atoms with van der Waals surface area (Å²) in [6, 6.07) is 5.24. The van der Waals surface area contributed by atoms with E-state index in [-0.39, 0.29) is 41.7 Å². The van der Waals surface area contributed by atoms with Crippen molar-refractivity contribution in [2.24, 2.45) is 0 Å². The molecule has 0 spiro atoms. The van der Waals surface area contributed by atoms with Gasteiger partial charge in [-0.05, 0) is 24.3 Å². The molecule has 0 fully saturated rings. The molecule has 1 atom stereocenters. The first-order valence-corrected chi connectivity index (χ1v) is 6.17. The van der Waals surface area contributed by atoms with Crippen LogP contribution in [0.2, 0.25) is 0 Å². The number of benzene rings is 1. The fourth-order valence-corrected chi connectivity index (χ4v) is 1.55. The van der Waals surface area contributed by atoms with Gasteiger partial charge in [0.25, 0.3) is 5.91 Å². The van der Waals surface area contributed by atoms with Crippen molar-refractivity contribution in [2.75, 3.05) is 5.32 Å². The molecule has 2 N–H and O–H groups in total. The molecule has 2 aromatic rings. The zero-order chi connectivity index (χ0) is 13.8. The molecule has 1 aromatic carbocycles. The average Bonchev–Trinajstić information content (AvgIpc) is 2.41. The summed E-state index contributed by atoms with van der Waals surface area (Å²) in [7, 11) is 0. The van der Waals surface area contributed by atoms with Crippen LogP contribution in [0.4, 0.5) is 10.1 Å². The molecule has 1 heterocycles. The Morgan fingerprint density at radius 1 is 1.25 bits per heavy atom. The number of rotatable bonds is 3. The van der Waals surface area contributed by atoms with Crippen LogP contribution in [0.3, 0.4) is 0 Å². The summed E-state index contributed by atoms with van der Waals surface area (Å²) >= 11 is -2.29. The molecule has 0 bridgehead atoms. The Bertz CT molecular complexity index is 628. The van der Waals surface area contributed by atoms with E-state index >= 15 is 0 Å². The molecule has 1 unspecified atom stereocenters. The van der Waals surface area contributed by atoms with E-state index in [2.05, 4.69) is 15.3 Å². The molecule has 6 nitrogen and oxygen atoms in total. The molecular formula is C11H9FN3NaO3S. The molecule has 0 saturated carbocycles. The van der Waals surface area contributed by atoms with Gasteiger partial charge in [-0.2, -0.15) is 0 Å². The van der Waals surface area contributed by atoms with Crippen LogP contribution >= 0.6 is 0 Å². The number of hydrogen-bond acceptors (Lipinski definition) is 4. The van der Waals surface area contributed by atoms with E-state index in [0.29, 0.717) is 5.69 Å². The summed E-state index contributed by atoms with van der Waals surface area (Å²) in [5.74, 6) is -0.905. The summed E-state index contributed by atoms with van der Waals surface area (Å²) < 4.78 is 32.1. The van der Waals surface area contributed by atoms with Crippen LogP contribution in [0.5, 0.6) is 0 Å². The fourth-order valence-electron chi connectivity index (χ4n) is 1.26. The maximum Gasteiger partial charge on any atom is 1.00 e. The van der Waals surface area contributed by atoms with Crippen molar-refractivity contribution >= 4 is 22.7 Å². The maximum atomic E-state index is 12.7. The zero-order valence-corrected chi connectivity index (χ0v) is 13.2. The SMILES string of the molecule is O=C(Nc1ccc(F)cc1)c1cnc(S(=O)O)nc1.[H-].[Na+]. The Hall–Kier alpha value is -1.19. The first-order chi connectivity index (χ1) is 9.06. The van der Waals surface area contributed by atoms with Crippen LogP contribution in [0.15, 0.2) is 41.8 Å². The molecule has 0 radical (unpaired) electrons. The number of amides is 1. The third-order valence-corrected chi connectivity index (χ3v) is 2.67. The Balaban J connectivity index is 0.00000200. The summed E-state index contributed by atoms with van der Waals surface area (Å²) in [6.45, 7) is 0. The van der Waals surface area contributed by atoms with Gasteiger partial charge in [-0.1, -0.05) is 0 Å². The molecule has 1 amide bonds. The Morgan fingerprint density at radius 2 is 1.80 bits per heavy atom. The number of carbonyl (C=O) groups is 1. The van der Waals surface area contributed by atoms with Crippen molar-refractivity contribution in [3.63, 3.8) is 0 Å². The van der Waals surface area contributed by atoms with Gasteiger partial charge in [-0.25, -0.2) is 18.6 Å². The maximum absolute atomic E-state index is 12.7. The quantitative estimate of drug-likeness (QED) is 0.412. The van der Waals surface area contributed by atoms with E-state index < -0.39 is 22.8 Å². The van der Waals surface area contributed by atoms with Gasteiger partial charge < -0.3 is 6.74 Å². The largest absolute Gasteiger partial charge is 1.00 e. The van der Waals surface area contributed by atoms with Crippen LogP contribution in [0.1, 0.15) is 11.8 Å². The Kier molecular flexibility index (Phi) is 6.37.